The molecule has 1 aromatic carbocycles. The van der Waals surface area contributed by atoms with Crippen molar-refractivity contribution >= 4 is 23.3 Å². The molecule has 15 heavy (non-hydrogen) atoms. The molecule has 0 unspecified atom stereocenters. The third kappa shape index (κ3) is 3.99. The van der Waals surface area contributed by atoms with Crippen molar-refractivity contribution in [1.82, 2.24) is 0 Å². The van der Waals surface area contributed by atoms with Gasteiger partial charge in [-0.1, -0.05) is 17.7 Å². The Morgan fingerprint density at radius 2 is 2.33 bits per heavy atom. The van der Waals surface area contributed by atoms with E-state index in [1.807, 2.05) is 0 Å². The molecule has 0 aliphatic heterocycles. The molecule has 0 spiro atoms. The molecule has 0 aliphatic carbocycles. The fraction of sp³-hybridized carbons (Fsp3) is 0.100. The van der Waals surface area contributed by atoms with Gasteiger partial charge in [-0.3, -0.25) is 0 Å². The number of hydrogen-bond acceptors (Lipinski definition) is 2. The van der Waals surface area contributed by atoms with Gasteiger partial charge >= 0.3 is 5.97 Å². The minimum atomic E-state index is -1.03. The van der Waals surface area contributed by atoms with E-state index >= 15 is 0 Å². The van der Waals surface area contributed by atoms with Gasteiger partial charge in [0.1, 0.15) is 5.82 Å². The van der Waals surface area contributed by atoms with Crippen LogP contribution in [-0.4, -0.2) is 17.6 Å². The zero-order chi connectivity index (χ0) is 11.3. The van der Waals surface area contributed by atoms with E-state index in [9.17, 15) is 9.18 Å². The summed E-state index contributed by atoms with van der Waals surface area (Å²) in [6.45, 7) is 0.273. The zero-order valence-corrected chi connectivity index (χ0v) is 8.46. The molecule has 80 valence electrons. The minimum Gasteiger partial charge on any atom is -0.478 e. The van der Waals surface area contributed by atoms with Crippen LogP contribution in [0.1, 0.15) is 0 Å². The highest BCUT2D eigenvalue weighted by molar-refractivity contribution is 6.33. The van der Waals surface area contributed by atoms with Gasteiger partial charge < -0.3 is 10.4 Å². The van der Waals surface area contributed by atoms with Crippen LogP contribution in [0.2, 0.25) is 5.02 Å². The molecule has 2 N–H and O–H groups in total. The third-order valence-corrected chi connectivity index (χ3v) is 1.93. The van der Waals surface area contributed by atoms with E-state index in [2.05, 4.69) is 5.32 Å². The molecule has 0 fully saturated rings. The summed E-state index contributed by atoms with van der Waals surface area (Å²) >= 11 is 5.77. The van der Waals surface area contributed by atoms with Gasteiger partial charge in [-0.05, 0) is 18.2 Å². The molecule has 0 aliphatic rings. The van der Waals surface area contributed by atoms with Crippen molar-refractivity contribution < 1.29 is 14.3 Å². The van der Waals surface area contributed by atoms with Crippen molar-refractivity contribution in [2.45, 2.75) is 0 Å². The Bertz CT molecular complexity index is 393. The van der Waals surface area contributed by atoms with Crippen LogP contribution in [-0.2, 0) is 4.79 Å². The van der Waals surface area contributed by atoms with Crippen LogP contribution in [0.5, 0.6) is 0 Å². The number of carboxylic acids is 1. The number of aliphatic carboxylic acids is 1. The standard InChI is InChI=1S/C10H9ClFNO2/c11-8-4-3-7(12)6-9(8)13-5-1-2-10(14)15/h1-4,6,13H,5H2,(H,14,15)/b2-1+. The molecule has 0 amide bonds. The zero-order valence-electron chi connectivity index (χ0n) is 7.71. The maximum Gasteiger partial charge on any atom is 0.328 e. The van der Waals surface area contributed by atoms with Gasteiger partial charge in [-0.15, -0.1) is 0 Å². The molecule has 0 saturated carbocycles. The third-order valence-electron chi connectivity index (χ3n) is 1.60. The number of hydrogen-bond donors (Lipinski definition) is 2. The lowest BCUT2D eigenvalue weighted by atomic mass is 10.3. The van der Waals surface area contributed by atoms with E-state index in [1.54, 1.807) is 0 Å². The number of anilines is 1. The topological polar surface area (TPSA) is 49.3 Å². The number of carbonyl (C=O) groups is 1. The first-order valence-electron chi connectivity index (χ1n) is 4.18. The summed E-state index contributed by atoms with van der Waals surface area (Å²) in [7, 11) is 0. The summed E-state index contributed by atoms with van der Waals surface area (Å²) in [5.41, 5.74) is 0.437. The van der Waals surface area contributed by atoms with Gasteiger partial charge in [0.05, 0.1) is 10.7 Å². The van der Waals surface area contributed by atoms with Crippen molar-refractivity contribution in [2.75, 3.05) is 11.9 Å². The molecular weight excluding hydrogens is 221 g/mol. The van der Waals surface area contributed by atoms with E-state index in [0.29, 0.717) is 10.7 Å². The first kappa shape index (κ1) is 11.5. The number of halogens is 2. The number of carboxylic acid groups (broad SMARTS) is 1. The van der Waals surface area contributed by atoms with Crippen molar-refractivity contribution in [3.05, 3.63) is 41.2 Å². The predicted octanol–water partition coefficient (Wildman–Crippen LogP) is 2.53. The molecular formula is C10H9ClFNO2. The summed E-state index contributed by atoms with van der Waals surface area (Å²) in [4.78, 5) is 10.1. The molecule has 1 aromatic rings. The van der Waals surface area contributed by atoms with E-state index < -0.39 is 11.8 Å². The number of benzene rings is 1. The van der Waals surface area contributed by atoms with Gasteiger partial charge in [0.25, 0.3) is 0 Å². The highest BCUT2D eigenvalue weighted by Gasteiger charge is 1.99. The van der Waals surface area contributed by atoms with Crippen LogP contribution >= 0.6 is 11.6 Å². The van der Waals surface area contributed by atoms with Crippen LogP contribution in [0.4, 0.5) is 10.1 Å². The number of rotatable bonds is 4. The van der Waals surface area contributed by atoms with Crippen LogP contribution in [0, 0.1) is 5.82 Å². The minimum absolute atomic E-state index is 0.273. The first-order valence-corrected chi connectivity index (χ1v) is 4.56. The smallest absolute Gasteiger partial charge is 0.328 e. The van der Waals surface area contributed by atoms with Crippen LogP contribution in [0.25, 0.3) is 0 Å². The van der Waals surface area contributed by atoms with E-state index in [4.69, 9.17) is 16.7 Å². The summed E-state index contributed by atoms with van der Waals surface area (Å²) in [5, 5.41) is 11.5. The highest BCUT2D eigenvalue weighted by Crippen LogP contribution is 2.21. The van der Waals surface area contributed by atoms with E-state index in [-0.39, 0.29) is 6.54 Å². The van der Waals surface area contributed by atoms with Crippen molar-refractivity contribution in [3.63, 3.8) is 0 Å². The van der Waals surface area contributed by atoms with Gasteiger partial charge in [-0.25, -0.2) is 9.18 Å². The fourth-order valence-electron chi connectivity index (χ4n) is 0.962. The monoisotopic (exact) mass is 229 g/mol. The molecule has 1 rings (SSSR count). The van der Waals surface area contributed by atoms with Gasteiger partial charge in [0.15, 0.2) is 0 Å². The van der Waals surface area contributed by atoms with Gasteiger partial charge in [-0.2, -0.15) is 0 Å². The molecule has 0 aromatic heterocycles. The molecule has 0 heterocycles. The van der Waals surface area contributed by atoms with Gasteiger partial charge in [0, 0.05) is 12.6 Å². The first-order chi connectivity index (χ1) is 7.09. The second kappa shape index (κ2) is 5.36. The van der Waals surface area contributed by atoms with Crippen LogP contribution in [0.15, 0.2) is 30.4 Å². The molecule has 3 nitrogen and oxygen atoms in total. The van der Waals surface area contributed by atoms with Crippen LogP contribution < -0.4 is 5.32 Å². The Balaban J connectivity index is 2.57. The Hall–Kier alpha value is -1.55. The number of nitrogens with one attached hydrogen (secondary N) is 1. The van der Waals surface area contributed by atoms with E-state index in [1.165, 1.54) is 24.3 Å². The van der Waals surface area contributed by atoms with E-state index in [0.717, 1.165) is 6.08 Å². The van der Waals surface area contributed by atoms with Crippen LogP contribution in [0.3, 0.4) is 0 Å². The molecule has 5 heteroatoms. The predicted molar refractivity (Wildman–Crippen MR) is 56.7 cm³/mol. The molecule has 0 atom stereocenters. The summed E-state index contributed by atoms with van der Waals surface area (Å²) in [6.07, 6.45) is 2.41. The lowest BCUT2D eigenvalue weighted by Gasteiger charge is -2.05. The SMILES string of the molecule is O=C(O)/C=C/CNc1cc(F)ccc1Cl. The average molecular weight is 230 g/mol. The lowest BCUT2D eigenvalue weighted by Crippen LogP contribution is -2.00. The Labute approximate surface area is 91.2 Å². The molecule has 0 radical (unpaired) electrons. The Morgan fingerprint density at radius 3 is 3.00 bits per heavy atom. The van der Waals surface area contributed by atoms with Crippen molar-refractivity contribution in [2.24, 2.45) is 0 Å². The molecule has 0 saturated heterocycles. The molecule has 0 bridgehead atoms. The Morgan fingerprint density at radius 1 is 1.60 bits per heavy atom. The van der Waals surface area contributed by atoms with Gasteiger partial charge in [0.2, 0.25) is 0 Å². The summed E-state index contributed by atoms with van der Waals surface area (Å²) in [5.74, 6) is -1.42. The second-order valence-electron chi connectivity index (χ2n) is 2.75. The largest absolute Gasteiger partial charge is 0.478 e. The normalized spacial score (nSPS) is 10.5. The highest BCUT2D eigenvalue weighted by atomic mass is 35.5. The maximum absolute atomic E-state index is 12.8. The Kier molecular flexibility index (Phi) is 4.12. The summed E-state index contributed by atoms with van der Waals surface area (Å²) < 4.78 is 12.8. The van der Waals surface area contributed by atoms with Crippen molar-refractivity contribution in [1.29, 1.82) is 0 Å². The lowest BCUT2D eigenvalue weighted by molar-refractivity contribution is -0.131. The van der Waals surface area contributed by atoms with Crippen molar-refractivity contribution in [3.8, 4) is 0 Å². The summed E-state index contributed by atoms with van der Waals surface area (Å²) in [6, 6.07) is 3.93. The quantitative estimate of drug-likeness (QED) is 0.780. The average Bonchev–Trinajstić information content (AvgIpc) is 2.17. The maximum atomic E-state index is 12.8. The second-order valence-corrected chi connectivity index (χ2v) is 3.15. The fourth-order valence-corrected chi connectivity index (χ4v) is 1.15.